The molecule has 0 radical (unpaired) electrons. The molecule has 1 aromatic carbocycles. The molecule has 0 aliphatic carbocycles. The number of benzene rings is 1. The smallest absolute Gasteiger partial charge is 0.331 e. The summed E-state index contributed by atoms with van der Waals surface area (Å²) in [6, 6.07) is 10.6. The van der Waals surface area contributed by atoms with Gasteiger partial charge in [0.2, 0.25) is 0 Å². The fraction of sp³-hybridized carbons (Fsp3) is 0.0500. The molecule has 3 aromatic rings. The Morgan fingerprint density at radius 2 is 1.90 bits per heavy atom. The Balaban J connectivity index is 1.64. The van der Waals surface area contributed by atoms with Crippen LogP contribution >= 0.6 is 23.2 Å². The number of carbonyl (C=O) groups is 3. The normalized spacial score (nSPS) is 15.9. The number of carbonyl (C=O) groups excluding carboxylic acids is 3. The predicted molar refractivity (Wildman–Crippen MR) is 105 cm³/mol. The third-order valence-corrected chi connectivity index (χ3v) is 4.75. The molecule has 1 fully saturated rings. The first-order chi connectivity index (χ1) is 13.9. The Kier molecular flexibility index (Phi) is 5.00. The molecule has 4 amide bonds. The number of halogens is 2. The maximum Gasteiger partial charge on any atom is 0.331 e. The summed E-state index contributed by atoms with van der Waals surface area (Å²) in [5.41, 5.74) is 0.326. The minimum atomic E-state index is -0.820. The van der Waals surface area contributed by atoms with E-state index in [4.69, 9.17) is 32.0 Å². The van der Waals surface area contributed by atoms with Crippen molar-refractivity contribution in [1.82, 2.24) is 10.2 Å². The van der Waals surface area contributed by atoms with E-state index in [9.17, 15) is 14.4 Å². The van der Waals surface area contributed by atoms with E-state index in [0.717, 1.165) is 4.90 Å². The van der Waals surface area contributed by atoms with E-state index in [0.29, 0.717) is 27.1 Å². The molecule has 29 heavy (non-hydrogen) atoms. The van der Waals surface area contributed by atoms with Gasteiger partial charge in [0, 0.05) is 10.6 Å². The molecule has 0 atom stereocenters. The van der Waals surface area contributed by atoms with Crippen LogP contribution in [0.5, 0.6) is 0 Å². The van der Waals surface area contributed by atoms with Crippen molar-refractivity contribution >= 4 is 47.1 Å². The van der Waals surface area contributed by atoms with Crippen LogP contribution in [0.15, 0.2) is 63.1 Å². The summed E-state index contributed by atoms with van der Waals surface area (Å²) >= 11 is 12.2. The van der Waals surface area contributed by atoms with Crippen LogP contribution in [0.1, 0.15) is 11.5 Å². The first-order valence-corrected chi connectivity index (χ1v) is 9.14. The Bertz CT molecular complexity index is 1150. The van der Waals surface area contributed by atoms with Crippen LogP contribution in [0.25, 0.3) is 17.4 Å². The molecule has 1 N–H and O–H groups in total. The Morgan fingerprint density at radius 1 is 1.07 bits per heavy atom. The lowest BCUT2D eigenvalue weighted by molar-refractivity contribution is -0.130. The third-order valence-electron chi connectivity index (χ3n) is 4.19. The van der Waals surface area contributed by atoms with Gasteiger partial charge in [0.05, 0.1) is 17.8 Å². The van der Waals surface area contributed by atoms with Gasteiger partial charge in [-0.1, -0.05) is 23.2 Å². The Morgan fingerprint density at radius 3 is 2.66 bits per heavy atom. The summed E-state index contributed by atoms with van der Waals surface area (Å²) < 4.78 is 10.9. The minimum absolute atomic E-state index is 0.107. The lowest BCUT2D eigenvalue weighted by Gasteiger charge is -2.25. The molecule has 3 heterocycles. The summed E-state index contributed by atoms with van der Waals surface area (Å²) in [5, 5.41) is 3.05. The average molecular weight is 431 g/mol. The van der Waals surface area contributed by atoms with Crippen LogP contribution in [0, 0.1) is 0 Å². The molecule has 0 spiro atoms. The molecule has 9 heteroatoms. The Hall–Kier alpha value is -3.29. The van der Waals surface area contributed by atoms with Crippen molar-refractivity contribution in [3.63, 3.8) is 0 Å². The number of furan rings is 2. The van der Waals surface area contributed by atoms with E-state index in [1.165, 1.54) is 12.3 Å². The number of urea groups is 1. The van der Waals surface area contributed by atoms with Crippen molar-refractivity contribution < 1.29 is 23.2 Å². The second-order valence-corrected chi connectivity index (χ2v) is 6.96. The SMILES string of the molecule is O=C1NC(=O)N(Cc2ccco2)C(=O)C1=Cc1ccc(-c2cc(Cl)ccc2Cl)o1. The van der Waals surface area contributed by atoms with Gasteiger partial charge < -0.3 is 8.83 Å². The molecular weight excluding hydrogens is 419 g/mol. The van der Waals surface area contributed by atoms with Gasteiger partial charge in [0.15, 0.2) is 0 Å². The van der Waals surface area contributed by atoms with Crippen molar-refractivity contribution in [1.29, 1.82) is 0 Å². The van der Waals surface area contributed by atoms with Gasteiger partial charge in [-0.25, -0.2) is 4.79 Å². The summed E-state index contributed by atoms with van der Waals surface area (Å²) in [6.45, 7) is -0.107. The number of nitrogens with one attached hydrogen (secondary N) is 1. The minimum Gasteiger partial charge on any atom is -0.467 e. The molecule has 4 rings (SSSR count). The fourth-order valence-electron chi connectivity index (χ4n) is 2.80. The van der Waals surface area contributed by atoms with Crippen LogP contribution in [0.3, 0.4) is 0 Å². The number of nitrogens with zero attached hydrogens (tertiary/aromatic N) is 1. The lowest BCUT2D eigenvalue weighted by Crippen LogP contribution is -2.53. The summed E-state index contributed by atoms with van der Waals surface area (Å²) in [7, 11) is 0. The molecule has 7 nitrogen and oxygen atoms in total. The average Bonchev–Trinajstić information content (AvgIpc) is 3.36. The number of barbiturate groups is 1. The van der Waals surface area contributed by atoms with Crippen LogP contribution in [-0.2, 0) is 16.1 Å². The van der Waals surface area contributed by atoms with E-state index < -0.39 is 17.8 Å². The highest BCUT2D eigenvalue weighted by atomic mass is 35.5. The van der Waals surface area contributed by atoms with Gasteiger partial charge in [0.1, 0.15) is 22.9 Å². The Labute approximate surface area is 174 Å². The number of rotatable bonds is 4. The monoisotopic (exact) mass is 430 g/mol. The van der Waals surface area contributed by atoms with Crippen molar-refractivity contribution in [2.45, 2.75) is 6.54 Å². The standard InChI is InChI=1S/C20H12Cl2N2O5/c21-11-3-5-16(22)14(8-11)17-6-4-12(29-17)9-15-18(25)23-20(27)24(19(15)26)10-13-2-1-7-28-13/h1-9H,10H2,(H,23,25,27). The number of imide groups is 2. The van der Waals surface area contributed by atoms with Crippen LogP contribution in [0.4, 0.5) is 4.79 Å². The highest BCUT2D eigenvalue weighted by molar-refractivity contribution is 6.35. The zero-order chi connectivity index (χ0) is 20.5. The first-order valence-electron chi connectivity index (χ1n) is 8.39. The van der Waals surface area contributed by atoms with E-state index in [-0.39, 0.29) is 17.9 Å². The van der Waals surface area contributed by atoms with Gasteiger partial charge >= 0.3 is 6.03 Å². The van der Waals surface area contributed by atoms with Crippen molar-refractivity contribution in [2.24, 2.45) is 0 Å². The summed E-state index contributed by atoms with van der Waals surface area (Å²) in [5.74, 6) is -0.514. The molecule has 0 saturated carbocycles. The number of hydrogen-bond acceptors (Lipinski definition) is 5. The van der Waals surface area contributed by atoms with Gasteiger partial charge in [-0.05, 0) is 48.5 Å². The summed E-state index contributed by atoms with van der Waals surface area (Å²) in [6.07, 6.45) is 2.69. The van der Waals surface area contributed by atoms with E-state index >= 15 is 0 Å². The largest absolute Gasteiger partial charge is 0.467 e. The van der Waals surface area contributed by atoms with Crippen LogP contribution in [0.2, 0.25) is 10.0 Å². The van der Waals surface area contributed by atoms with Crippen molar-refractivity contribution in [2.75, 3.05) is 0 Å². The van der Waals surface area contributed by atoms with E-state index in [1.807, 2.05) is 0 Å². The maximum atomic E-state index is 12.7. The molecule has 2 aromatic heterocycles. The van der Waals surface area contributed by atoms with Crippen molar-refractivity contribution in [3.8, 4) is 11.3 Å². The molecule has 1 aliphatic heterocycles. The molecule has 0 bridgehead atoms. The topological polar surface area (TPSA) is 92.8 Å². The van der Waals surface area contributed by atoms with Crippen LogP contribution < -0.4 is 5.32 Å². The molecule has 146 valence electrons. The molecular formula is C20H12Cl2N2O5. The van der Waals surface area contributed by atoms with Gasteiger partial charge in [-0.2, -0.15) is 0 Å². The van der Waals surface area contributed by atoms with Gasteiger partial charge in [-0.15, -0.1) is 0 Å². The van der Waals surface area contributed by atoms with Gasteiger partial charge in [0.25, 0.3) is 11.8 Å². The van der Waals surface area contributed by atoms with Gasteiger partial charge in [-0.3, -0.25) is 19.8 Å². The quantitative estimate of drug-likeness (QED) is 0.485. The third kappa shape index (κ3) is 3.83. The van der Waals surface area contributed by atoms with Crippen LogP contribution in [-0.4, -0.2) is 22.7 Å². The predicted octanol–water partition coefficient (Wildman–Crippen LogP) is 4.51. The van der Waals surface area contributed by atoms with E-state index in [1.54, 1.807) is 42.5 Å². The van der Waals surface area contributed by atoms with Crippen molar-refractivity contribution in [3.05, 3.63) is 75.9 Å². The maximum absolute atomic E-state index is 12.7. The number of amides is 4. The highest BCUT2D eigenvalue weighted by Gasteiger charge is 2.36. The second kappa shape index (κ2) is 7.62. The van der Waals surface area contributed by atoms with E-state index in [2.05, 4.69) is 5.32 Å². The highest BCUT2D eigenvalue weighted by Crippen LogP contribution is 2.32. The molecule has 0 unspecified atom stereocenters. The molecule has 1 aliphatic rings. The zero-order valence-corrected chi connectivity index (χ0v) is 16.2. The lowest BCUT2D eigenvalue weighted by atomic mass is 10.1. The zero-order valence-electron chi connectivity index (χ0n) is 14.6. The molecule has 1 saturated heterocycles. The number of hydrogen-bond donors (Lipinski definition) is 1. The second-order valence-electron chi connectivity index (χ2n) is 6.11. The fourth-order valence-corrected chi connectivity index (χ4v) is 3.18. The first kappa shape index (κ1) is 19.0. The summed E-state index contributed by atoms with van der Waals surface area (Å²) in [4.78, 5) is 37.8.